The molecule has 2 unspecified atom stereocenters. The van der Waals surface area contributed by atoms with Crippen molar-refractivity contribution in [2.24, 2.45) is 16.3 Å². The summed E-state index contributed by atoms with van der Waals surface area (Å²) in [5.41, 5.74) is 0.118. The molecule has 5 nitrogen and oxygen atoms in total. The number of hydrogen-bond acceptors (Lipinski definition) is 3. The molecule has 0 saturated carbocycles. The lowest BCUT2D eigenvalue weighted by molar-refractivity contribution is 0.0205. The molecular formula is C17H37IN4O. The number of likely N-dealkylation sites (tertiary alicyclic amines) is 1. The molecule has 0 aromatic rings. The number of nitrogens with one attached hydrogen (secondary N) is 2. The molecule has 0 radical (unpaired) electrons. The summed E-state index contributed by atoms with van der Waals surface area (Å²) < 4.78 is 5.58. The van der Waals surface area contributed by atoms with Crippen LogP contribution in [0.1, 0.15) is 40.5 Å². The highest BCUT2D eigenvalue weighted by atomic mass is 127. The molecule has 1 heterocycles. The maximum absolute atomic E-state index is 5.58. The highest BCUT2D eigenvalue weighted by molar-refractivity contribution is 14.0. The molecule has 0 spiro atoms. The molecule has 1 saturated heterocycles. The van der Waals surface area contributed by atoms with Gasteiger partial charge in [-0.3, -0.25) is 4.99 Å². The van der Waals surface area contributed by atoms with Crippen molar-refractivity contribution < 1.29 is 4.74 Å². The average Bonchev–Trinajstić information content (AvgIpc) is 2.89. The van der Waals surface area contributed by atoms with Crippen LogP contribution in [0.25, 0.3) is 0 Å². The molecule has 23 heavy (non-hydrogen) atoms. The van der Waals surface area contributed by atoms with E-state index in [1.54, 1.807) is 7.11 Å². The third kappa shape index (κ3) is 8.54. The van der Waals surface area contributed by atoms with E-state index in [1.165, 1.54) is 32.5 Å². The molecular weight excluding hydrogens is 403 g/mol. The molecule has 6 heteroatoms. The lowest BCUT2D eigenvalue weighted by Crippen LogP contribution is -2.46. The summed E-state index contributed by atoms with van der Waals surface area (Å²) in [6.45, 7) is 14.3. The fourth-order valence-corrected chi connectivity index (χ4v) is 2.99. The summed E-state index contributed by atoms with van der Waals surface area (Å²) >= 11 is 0. The van der Waals surface area contributed by atoms with Gasteiger partial charge in [-0.05, 0) is 37.3 Å². The molecule has 1 fully saturated rings. The molecule has 1 aliphatic rings. The normalized spacial score (nSPS) is 21.0. The van der Waals surface area contributed by atoms with Gasteiger partial charge in [0.15, 0.2) is 5.96 Å². The van der Waals surface area contributed by atoms with Crippen LogP contribution in [0, 0.1) is 11.3 Å². The highest BCUT2D eigenvalue weighted by Gasteiger charge is 2.25. The molecule has 0 bridgehead atoms. The van der Waals surface area contributed by atoms with Crippen molar-refractivity contribution in [1.29, 1.82) is 0 Å². The second-order valence-electron chi connectivity index (χ2n) is 7.38. The molecule has 2 N–H and O–H groups in total. The van der Waals surface area contributed by atoms with E-state index in [1.807, 2.05) is 7.05 Å². The summed E-state index contributed by atoms with van der Waals surface area (Å²) in [7, 11) is 3.60. The average molecular weight is 440 g/mol. The van der Waals surface area contributed by atoms with Gasteiger partial charge in [-0.2, -0.15) is 0 Å². The SMILES string of the molecule is CCCN1CCC(CNC(=NC)NCC(OC)C(C)(C)C)C1.I. The van der Waals surface area contributed by atoms with E-state index in [0.717, 1.165) is 25.0 Å². The van der Waals surface area contributed by atoms with Crippen LogP contribution in [0.15, 0.2) is 4.99 Å². The quantitative estimate of drug-likeness (QED) is 0.363. The summed E-state index contributed by atoms with van der Waals surface area (Å²) in [5.74, 6) is 1.60. The Bertz CT molecular complexity index is 344. The molecule has 138 valence electrons. The fraction of sp³-hybridized carbons (Fsp3) is 0.941. The van der Waals surface area contributed by atoms with E-state index < -0.39 is 0 Å². The van der Waals surface area contributed by atoms with Crippen molar-refractivity contribution >= 4 is 29.9 Å². The van der Waals surface area contributed by atoms with Crippen LogP contribution in [0.5, 0.6) is 0 Å². The van der Waals surface area contributed by atoms with Crippen molar-refractivity contribution in [2.75, 3.05) is 46.9 Å². The van der Waals surface area contributed by atoms with Crippen LogP contribution in [0.4, 0.5) is 0 Å². The predicted octanol–water partition coefficient (Wildman–Crippen LogP) is 2.56. The Morgan fingerprint density at radius 2 is 2.04 bits per heavy atom. The van der Waals surface area contributed by atoms with Crippen molar-refractivity contribution in [1.82, 2.24) is 15.5 Å². The number of aliphatic imine (C=N–C) groups is 1. The van der Waals surface area contributed by atoms with Crippen molar-refractivity contribution in [3.05, 3.63) is 0 Å². The van der Waals surface area contributed by atoms with Gasteiger partial charge in [-0.25, -0.2) is 0 Å². The summed E-state index contributed by atoms with van der Waals surface area (Å²) in [6, 6.07) is 0. The minimum Gasteiger partial charge on any atom is -0.379 e. The van der Waals surface area contributed by atoms with Gasteiger partial charge >= 0.3 is 0 Å². The zero-order valence-corrected chi connectivity index (χ0v) is 18.1. The van der Waals surface area contributed by atoms with Crippen LogP contribution in [0.3, 0.4) is 0 Å². The highest BCUT2D eigenvalue weighted by Crippen LogP contribution is 2.21. The summed E-state index contributed by atoms with van der Waals surface area (Å²) in [4.78, 5) is 6.88. The first-order valence-electron chi connectivity index (χ1n) is 8.60. The minimum absolute atomic E-state index is 0. The Morgan fingerprint density at radius 1 is 1.35 bits per heavy atom. The number of rotatable bonds is 7. The zero-order valence-electron chi connectivity index (χ0n) is 15.8. The van der Waals surface area contributed by atoms with Gasteiger partial charge in [-0.1, -0.05) is 27.7 Å². The molecule has 1 rings (SSSR count). The molecule has 0 amide bonds. The maximum Gasteiger partial charge on any atom is 0.191 e. The standard InChI is InChI=1S/C17H36N4O.HI/c1-7-9-21-10-8-14(13-21)11-19-16(18-5)20-12-15(22-6)17(2,3)4;/h14-15H,7-13H2,1-6H3,(H2,18,19,20);1H. The number of nitrogens with zero attached hydrogens (tertiary/aromatic N) is 2. The predicted molar refractivity (Wildman–Crippen MR) is 110 cm³/mol. The van der Waals surface area contributed by atoms with Gasteiger partial charge in [-0.15, -0.1) is 24.0 Å². The Morgan fingerprint density at radius 3 is 2.57 bits per heavy atom. The molecule has 0 aromatic heterocycles. The van der Waals surface area contributed by atoms with E-state index >= 15 is 0 Å². The number of halogens is 1. The van der Waals surface area contributed by atoms with E-state index in [9.17, 15) is 0 Å². The monoisotopic (exact) mass is 440 g/mol. The maximum atomic E-state index is 5.58. The first-order chi connectivity index (χ1) is 10.4. The zero-order chi connectivity index (χ0) is 16.6. The largest absolute Gasteiger partial charge is 0.379 e. The number of guanidine groups is 1. The van der Waals surface area contributed by atoms with Gasteiger partial charge in [0, 0.05) is 33.8 Å². The lowest BCUT2D eigenvalue weighted by atomic mass is 9.89. The number of hydrogen-bond donors (Lipinski definition) is 2. The summed E-state index contributed by atoms with van der Waals surface area (Å²) in [5, 5.41) is 6.85. The van der Waals surface area contributed by atoms with E-state index in [0.29, 0.717) is 0 Å². The lowest BCUT2D eigenvalue weighted by Gasteiger charge is -2.30. The molecule has 0 aliphatic carbocycles. The Kier molecular flexibility index (Phi) is 11.4. The van der Waals surface area contributed by atoms with Gasteiger partial charge in [0.1, 0.15) is 0 Å². The van der Waals surface area contributed by atoms with Crippen LogP contribution < -0.4 is 10.6 Å². The third-order valence-electron chi connectivity index (χ3n) is 4.40. The molecule has 1 aliphatic heterocycles. The van der Waals surface area contributed by atoms with E-state index in [2.05, 4.69) is 48.2 Å². The van der Waals surface area contributed by atoms with Crippen LogP contribution in [-0.4, -0.2) is 63.8 Å². The first kappa shape index (κ1) is 22.9. The van der Waals surface area contributed by atoms with E-state index in [-0.39, 0.29) is 35.5 Å². The minimum atomic E-state index is 0. The smallest absolute Gasteiger partial charge is 0.191 e. The second-order valence-corrected chi connectivity index (χ2v) is 7.38. The van der Waals surface area contributed by atoms with Crippen LogP contribution in [0.2, 0.25) is 0 Å². The van der Waals surface area contributed by atoms with Gasteiger partial charge in [0.05, 0.1) is 6.10 Å². The fourth-order valence-electron chi connectivity index (χ4n) is 2.99. The van der Waals surface area contributed by atoms with Crippen LogP contribution >= 0.6 is 24.0 Å². The van der Waals surface area contributed by atoms with Crippen molar-refractivity contribution in [3.8, 4) is 0 Å². The van der Waals surface area contributed by atoms with Gasteiger partial charge in [0.2, 0.25) is 0 Å². The van der Waals surface area contributed by atoms with Crippen LogP contribution in [-0.2, 0) is 4.74 Å². The summed E-state index contributed by atoms with van der Waals surface area (Å²) in [6.07, 6.45) is 2.69. The first-order valence-corrected chi connectivity index (χ1v) is 8.60. The second kappa shape index (κ2) is 11.5. The topological polar surface area (TPSA) is 48.9 Å². The molecule has 0 aromatic carbocycles. The Labute approximate surface area is 160 Å². The Hall–Kier alpha value is -0.0800. The Balaban J connectivity index is 0.00000484. The number of methoxy groups -OCH3 is 1. The van der Waals surface area contributed by atoms with Gasteiger partial charge in [0.25, 0.3) is 0 Å². The van der Waals surface area contributed by atoms with Crippen molar-refractivity contribution in [2.45, 2.75) is 46.6 Å². The third-order valence-corrected chi connectivity index (χ3v) is 4.40. The van der Waals surface area contributed by atoms with Crippen molar-refractivity contribution in [3.63, 3.8) is 0 Å². The number of ether oxygens (including phenoxy) is 1. The molecule has 2 atom stereocenters. The van der Waals surface area contributed by atoms with E-state index in [4.69, 9.17) is 4.74 Å². The van der Waals surface area contributed by atoms with Gasteiger partial charge < -0.3 is 20.3 Å².